The number of aryl methyl sites for hydroxylation is 1. The lowest BCUT2D eigenvalue weighted by Crippen LogP contribution is -2.59. The number of imide groups is 2. The van der Waals surface area contributed by atoms with Crippen molar-refractivity contribution in [3.05, 3.63) is 60.2 Å². The predicted octanol–water partition coefficient (Wildman–Crippen LogP) is 2.50. The Morgan fingerprint density at radius 3 is 2.07 bits per heavy atom. The van der Waals surface area contributed by atoms with Crippen molar-refractivity contribution in [2.24, 2.45) is 0 Å². The summed E-state index contributed by atoms with van der Waals surface area (Å²) in [6.45, 7) is 3.09. The number of urea groups is 1. The fourth-order valence-electron chi connectivity index (χ4n) is 2.87. The Labute approximate surface area is 157 Å². The Morgan fingerprint density at radius 2 is 1.48 bits per heavy atom. The van der Waals surface area contributed by atoms with Gasteiger partial charge in [0, 0.05) is 0 Å². The highest BCUT2D eigenvalue weighted by atomic mass is 32.2. The average molecular weight is 386 g/mol. The maximum atomic E-state index is 12.9. The van der Waals surface area contributed by atoms with Crippen LogP contribution in [0.25, 0.3) is 0 Å². The lowest BCUT2D eigenvalue weighted by atomic mass is 10.2. The Hall–Kier alpha value is -3.00. The van der Waals surface area contributed by atoms with Crippen LogP contribution >= 0.6 is 0 Å². The molecule has 0 spiro atoms. The van der Waals surface area contributed by atoms with Crippen molar-refractivity contribution in [3.63, 3.8) is 0 Å². The number of nitrogens with zero attached hydrogens (tertiary/aromatic N) is 2. The lowest BCUT2D eigenvalue weighted by Gasteiger charge is -2.35. The molecule has 0 aromatic heterocycles. The van der Waals surface area contributed by atoms with Crippen molar-refractivity contribution >= 4 is 33.4 Å². The van der Waals surface area contributed by atoms with Crippen molar-refractivity contribution < 1.29 is 22.8 Å². The van der Waals surface area contributed by atoms with Crippen LogP contribution in [0.15, 0.2) is 59.5 Å². The van der Waals surface area contributed by atoms with Gasteiger partial charge in [-0.2, -0.15) is 0 Å². The van der Waals surface area contributed by atoms with Crippen LogP contribution in [0, 0.1) is 6.92 Å². The molecule has 0 aliphatic carbocycles. The molecule has 0 radical (unpaired) electrons. The number of sulfone groups is 1. The van der Waals surface area contributed by atoms with Crippen molar-refractivity contribution in [1.82, 2.24) is 4.90 Å². The van der Waals surface area contributed by atoms with E-state index in [9.17, 15) is 22.8 Å². The van der Waals surface area contributed by atoms with Gasteiger partial charge < -0.3 is 0 Å². The molecule has 0 saturated carbocycles. The average Bonchev–Trinajstić information content (AvgIpc) is 2.62. The number of rotatable bonds is 4. The predicted molar refractivity (Wildman–Crippen MR) is 98.6 cm³/mol. The molecule has 1 aliphatic rings. The zero-order valence-corrected chi connectivity index (χ0v) is 15.6. The van der Waals surface area contributed by atoms with Crippen molar-refractivity contribution in [1.29, 1.82) is 0 Å². The molecule has 0 N–H and O–H groups in total. The standard InChI is InChI=1S/C19H18N2O5S/c1-13-8-10-16(11-9-13)27(25,26)14(2)20-17(22)12-18(23)21(19(20)24)15-6-4-3-5-7-15/h3-11,14H,12H2,1-2H3. The first kappa shape index (κ1) is 18.8. The van der Waals surface area contributed by atoms with E-state index >= 15 is 0 Å². The summed E-state index contributed by atoms with van der Waals surface area (Å²) in [5, 5.41) is -1.44. The van der Waals surface area contributed by atoms with E-state index < -0.39 is 39.5 Å². The molecule has 1 saturated heterocycles. The molecular weight excluding hydrogens is 368 g/mol. The number of carbonyl (C=O) groups excluding carboxylic acids is 3. The van der Waals surface area contributed by atoms with Gasteiger partial charge in [-0.15, -0.1) is 0 Å². The van der Waals surface area contributed by atoms with Gasteiger partial charge in [0.15, 0.2) is 9.84 Å². The van der Waals surface area contributed by atoms with E-state index in [0.717, 1.165) is 10.5 Å². The molecule has 1 fully saturated rings. The molecule has 1 atom stereocenters. The quantitative estimate of drug-likeness (QED) is 0.753. The molecule has 8 heteroatoms. The highest BCUT2D eigenvalue weighted by molar-refractivity contribution is 7.92. The third-order valence-electron chi connectivity index (χ3n) is 4.39. The van der Waals surface area contributed by atoms with E-state index in [4.69, 9.17) is 0 Å². The number of hydrogen-bond donors (Lipinski definition) is 0. The van der Waals surface area contributed by atoms with Crippen molar-refractivity contribution in [2.45, 2.75) is 30.5 Å². The molecule has 27 heavy (non-hydrogen) atoms. The van der Waals surface area contributed by atoms with Crippen molar-refractivity contribution in [3.8, 4) is 0 Å². The summed E-state index contributed by atoms with van der Waals surface area (Å²) >= 11 is 0. The monoisotopic (exact) mass is 386 g/mol. The number of carbonyl (C=O) groups is 3. The molecule has 1 unspecified atom stereocenters. The molecule has 3 rings (SSSR count). The second-order valence-corrected chi connectivity index (χ2v) is 8.49. The van der Waals surface area contributed by atoms with Gasteiger partial charge in [-0.05, 0) is 38.1 Å². The van der Waals surface area contributed by atoms with Crippen LogP contribution in [0.5, 0.6) is 0 Å². The Balaban J connectivity index is 1.99. The highest BCUT2D eigenvalue weighted by Gasteiger charge is 2.45. The van der Waals surface area contributed by atoms with Crippen LogP contribution < -0.4 is 4.90 Å². The zero-order valence-electron chi connectivity index (χ0n) is 14.8. The van der Waals surface area contributed by atoms with Gasteiger partial charge in [-0.3, -0.25) is 9.59 Å². The summed E-state index contributed by atoms with van der Waals surface area (Å²) in [7, 11) is -4.00. The Kier molecular flexibility index (Phi) is 4.84. The van der Waals surface area contributed by atoms with Crippen LogP contribution in [-0.4, -0.2) is 36.5 Å². The normalized spacial score (nSPS) is 16.6. The van der Waals surface area contributed by atoms with E-state index in [0.29, 0.717) is 4.90 Å². The first-order valence-electron chi connectivity index (χ1n) is 8.28. The minimum atomic E-state index is -4.00. The molecule has 1 heterocycles. The van der Waals surface area contributed by atoms with Crippen LogP contribution in [-0.2, 0) is 19.4 Å². The van der Waals surface area contributed by atoms with Crippen LogP contribution in [0.2, 0.25) is 0 Å². The summed E-state index contributed by atoms with van der Waals surface area (Å²) in [6, 6.07) is 13.3. The third kappa shape index (κ3) is 3.35. The lowest BCUT2D eigenvalue weighted by molar-refractivity contribution is -0.135. The van der Waals surface area contributed by atoms with Gasteiger partial charge >= 0.3 is 6.03 Å². The number of para-hydroxylation sites is 1. The number of amides is 4. The molecule has 2 aromatic rings. The summed E-state index contributed by atoms with van der Waals surface area (Å²) < 4.78 is 25.8. The largest absolute Gasteiger partial charge is 0.339 e. The van der Waals surface area contributed by atoms with E-state index in [2.05, 4.69) is 0 Å². The summed E-state index contributed by atoms with van der Waals surface area (Å²) in [5.41, 5.74) is 1.16. The zero-order chi connectivity index (χ0) is 19.8. The molecule has 4 amide bonds. The van der Waals surface area contributed by atoms with Crippen LogP contribution in [0.1, 0.15) is 18.9 Å². The fourth-order valence-corrected chi connectivity index (χ4v) is 4.26. The van der Waals surface area contributed by atoms with E-state index in [1.54, 1.807) is 42.5 Å². The molecule has 1 aliphatic heterocycles. The van der Waals surface area contributed by atoms with Gasteiger partial charge in [0.05, 0.1) is 10.6 Å². The molecule has 0 bridgehead atoms. The first-order valence-corrected chi connectivity index (χ1v) is 9.82. The molecule has 140 valence electrons. The highest BCUT2D eigenvalue weighted by Crippen LogP contribution is 2.27. The maximum Gasteiger partial charge on any atom is 0.339 e. The van der Waals surface area contributed by atoms with Crippen LogP contribution in [0.4, 0.5) is 10.5 Å². The number of barbiturate groups is 1. The second-order valence-electron chi connectivity index (χ2n) is 6.25. The number of hydrogen-bond acceptors (Lipinski definition) is 5. The van der Waals surface area contributed by atoms with Gasteiger partial charge in [-0.1, -0.05) is 35.9 Å². The molecule has 2 aromatic carbocycles. The van der Waals surface area contributed by atoms with Gasteiger partial charge in [0.2, 0.25) is 11.8 Å². The maximum absolute atomic E-state index is 12.9. The summed E-state index contributed by atoms with van der Waals surface area (Å²) in [5.74, 6) is -1.52. The topological polar surface area (TPSA) is 91.8 Å². The Morgan fingerprint density at radius 1 is 0.889 bits per heavy atom. The summed E-state index contributed by atoms with van der Waals surface area (Å²) in [4.78, 5) is 39.0. The second kappa shape index (κ2) is 6.96. The van der Waals surface area contributed by atoms with Gasteiger partial charge in [0.1, 0.15) is 11.8 Å². The molecular formula is C19H18N2O5S. The third-order valence-corrected chi connectivity index (χ3v) is 6.43. The number of benzene rings is 2. The smallest absolute Gasteiger partial charge is 0.274 e. The fraction of sp³-hybridized carbons (Fsp3) is 0.211. The minimum absolute atomic E-state index is 0.00404. The summed E-state index contributed by atoms with van der Waals surface area (Å²) in [6.07, 6.45) is -0.575. The van der Waals surface area contributed by atoms with Crippen LogP contribution in [0.3, 0.4) is 0 Å². The van der Waals surface area contributed by atoms with E-state index in [1.807, 2.05) is 6.92 Å². The van der Waals surface area contributed by atoms with Gasteiger partial charge in [0.25, 0.3) is 0 Å². The Bertz CT molecular complexity index is 1000. The van der Waals surface area contributed by atoms with E-state index in [1.165, 1.54) is 19.1 Å². The van der Waals surface area contributed by atoms with E-state index in [-0.39, 0.29) is 10.6 Å². The van der Waals surface area contributed by atoms with Gasteiger partial charge in [-0.25, -0.2) is 23.0 Å². The first-order chi connectivity index (χ1) is 12.7. The van der Waals surface area contributed by atoms with Crippen molar-refractivity contribution in [2.75, 3.05) is 4.90 Å². The SMILES string of the molecule is Cc1ccc(S(=O)(=O)C(C)N2C(=O)CC(=O)N(c3ccccc3)C2=O)cc1. The molecule has 7 nitrogen and oxygen atoms in total. The minimum Gasteiger partial charge on any atom is -0.274 e. The number of anilines is 1.